The van der Waals surface area contributed by atoms with E-state index in [4.69, 9.17) is 14.2 Å². The van der Waals surface area contributed by atoms with Gasteiger partial charge in [-0.15, -0.1) is 0 Å². The quantitative estimate of drug-likeness (QED) is 0.892. The highest BCUT2D eigenvalue weighted by atomic mass is 16.5. The van der Waals surface area contributed by atoms with Gasteiger partial charge in [-0.1, -0.05) is 0 Å². The molecule has 1 fully saturated rings. The normalized spacial score (nSPS) is 23.7. The number of hydrogen-bond acceptors (Lipinski definition) is 4. The predicted molar refractivity (Wildman–Crippen MR) is 68.0 cm³/mol. The van der Waals surface area contributed by atoms with Gasteiger partial charge >= 0.3 is 0 Å². The summed E-state index contributed by atoms with van der Waals surface area (Å²) in [5, 5.41) is 9.46. The minimum Gasteiger partial charge on any atom is -0.497 e. The summed E-state index contributed by atoms with van der Waals surface area (Å²) in [7, 11) is 3.28. The minimum atomic E-state index is -0.117. The smallest absolute Gasteiger partial charge is 0.124 e. The Balaban J connectivity index is 2.34. The fourth-order valence-corrected chi connectivity index (χ4v) is 2.44. The molecule has 1 aromatic rings. The first kappa shape index (κ1) is 13.2. The van der Waals surface area contributed by atoms with Gasteiger partial charge in [0.15, 0.2) is 0 Å². The highest BCUT2D eigenvalue weighted by Gasteiger charge is 2.29. The summed E-state index contributed by atoms with van der Waals surface area (Å²) in [5.74, 6) is 1.68. The molecule has 0 spiro atoms. The molecule has 100 valence electrons. The first-order valence-electron chi connectivity index (χ1n) is 6.24. The van der Waals surface area contributed by atoms with Crippen LogP contribution >= 0.6 is 0 Å². The lowest BCUT2D eigenvalue weighted by Crippen LogP contribution is -2.25. The Bertz CT molecular complexity index is 391. The number of aliphatic hydroxyl groups is 1. The molecule has 1 N–H and O–H groups in total. The van der Waals surface area contributed by atoms with Crippen LogP contribution in [0.1, 0.15) is 24.5 Å². The van der Waals surface area contributed by atoms with Crippen LogP contribution in [0.2, 0.25) is 0 Å². The molecule has 1 aliphatic rings. The third kappa shape index (κ3) is 2.60. The molecule has 4 heteroatoms. The van der Waals surface area contributed by atoms with Crippen LogP contribution < -0.4 is 9.47 Å². The fraction of sp³-hybridized carbons (Fsp3) is 0.571. The van der Waals surface area contributed by atoms with Crippen molar-refractivity contribution in [2.75, 3.05) is 27.4 Å². The van der Waals surface area contributed by atoms with Crippen LogP contribution in [0.5, 0.6) is 11.5 Å². The van der Waals surface area contributed by atoms with Gasteiger partial charge in [0.25, 0.3) is 0 Å². The molecule has 1 aromatic carbocycles. The monoisotopic (exact) mass is 252 g/mol. The fourth-order valence-electron chi connectivity index (χ4n) is 2.44. The maximum atomic E-state index is 9.46. The minimum absolute atomic E-state index is 0.117. The summed E-state index contributed by atoms with van der Waals surface area (Å²) in [5.41, 5.74) is 0.954. The van der Waals surface area contributed by atoms with E-state index in [2.05, 4.69) is 0 Å². The lowest BCUT2D eigenvalue weighted by atomic mass is 9.89. The molecule has 0 radical (unpaired) electrons. The molecule has 0 bridgehead atoms. The van der Waals surface area contributed by atoms with E-state index in [9.17, 15) is 5.11 Å². The molecule has 1 saturated heterocycles. The van der Waals surface area contributed by atoms with Crippen molar-refractivity contribution in [2.24, 2.45) is 5.92 Å². The third-order valence-electron chi connectivity index (χ3n) is 3.42. The van der Waals surface area contributed by atoms with Gasteiger partial charge in [-0.05, 0) is 31.0 Å². The molecule has 2 unspecified atom stereocenters. The van der Waals surface area contributed by atoms with Gasteiger partial charge < -0.3 is 19.3 Å². The second kappa shape index (κ2) is 6.07. The average Bonchev–Trinajstić information content (AvgIpc) is 2.46. The summed E-state index contributed by atoms with van der Waals surface area (Å²) < 4.78 is 16.4. The van der Waals surface area contributed by atoms with E-state index in [0.29, 0.717) is 0 Å². The highest BCUT2D eigenvalue weighted by Crippen LogP contribution is 2.39. The van der Waals surface area contributed by atoms with Crippen LogP contribution in [-0.2, 0) is 4.74 Å². The van der Waals surface area contributed by atoms with Crippen molar-refractivity contribution in [1.29, 1.82) is 0 Å². The zero-order valence-corrected chi connectivity index (χ0v) is 10.9. The number of aliphatic hydroxyl groups excluding tert-OH is 1. The largest absolute Gasteiger partial charge is 0.497 e. The van der Waals surface area contributed by atoms with E-state index < -0.39 is 0 Å². The van der Waals surface area contributed by atoms with Gasteiger partial charge in [-0.25, -0.2) is 0 Å². The Hall–Kier alpha value is -1.26. The molecule has 1 aliphatic heterocycles. The lowest BCUT2D eigenvalue weighted by Gasteiger charge is -2.31. The standard InChI is InChI=1S/C14H20O4/c1-16-11-5-6-13(17-2)12(8-11)14-10(9-15)4-3-7-18-14/h5-6,8,10,14-15H,3-4,7,9H2,1-2H3. The van der Waals surface area contributed by atoms with E-state index >= 15 is 0 Å². The predicted octanol–water partition coefficient (Wildman–Crippen LogP) is 2.16. The molecule has 1 heterocycles. The Morgan fingerprint density at radius 2 is 2.17 bits per heavy atom. The average molecular weight is 252 g/mol. The number of rotatable bonds is 4. The van der Waals surface area contributed by atoms with Crippen molar-refractivity contribution in [2.45, 2.75) is 18.9 Å². The van der Waals surface area contributed by atoms with Crippen molar-refractivity contribution in [3.8, 4) is 11.5 Å². The Morgan fingerprint density at radius 3 is 2.83 bits per heavy atom. The van der Waals surface area contributed by atoms with E-state index in [1.165, 1.54) is 0 Å². The van der Waals surface area contributed by atoms with Crippen molar-refractivity contribution >= 4 is 0 Å². The SMILES string of the molecule is COc1ccc(OC)c(C2OCCCC2CO)c1. The topological polar surface area (TPSA) is 47.9 Å². The molecule has 18 heavy (non-hydrogen) atoms. The van der Waals surface area contributed by atoms with E-state index in [0.717, 1.165) is 36.5 Å². The van der Waals surface area contributed by atoms with Crippen LogP contribution in [0.15, 0.2) is 18.2 Å². The summed E-state index contributed by atoms with van der Waals surface area (Å²) in [4.78, 5) is 0. The Morgan fingerprint density at radius 1 is 1.33 bits per heavy atom. The lowest BCUT2D eigenvalue weighted by molar-refractivity contribution is -0.0467. The van der Waals surface area contributed by atoms with Gasteiger partial charge in [0.2, 0.25) is 0 Å². The Labute approximate surface area is 107 Å². The molecule has 0 aliphatic carbocycles. The van der Waals surface area contributed by atoms with Gasteiger partial charge in [0.1, 0.15) is 11.5 Å². The van der Waals surface area contributed by atoms with Gasteiger partial charge in [-0.3, -0.25) is 0 Å². The second-order valence-corrected chi connectivity index (χ2v) is 4.48. The van der Waals surface area contributed by atoms with Crippen LogP contribution in [0.25, 0.3) is 0 Å². The van der Waals surface area contributed by atoms with Gasteiger partial charge in [0.05, 0.1) is 20.3 Å². The molecule has 0 amide bonds. The van der Waals surface area contributed by atoms with E-state index in [1.54, 1.807) is 14.2 Å². The van der Waals surface area contributed by atoms with E-state index in [1.807, 2.05) is 18.2 Å². The molecule has 0 saturated carbocycles. The first-order valence-corrected chi connectivity index (χ1v) is 6.24. The van der Waals surface area contributed by atoms with E-state index in [-0.39, 0.29) is 18.6 Å². The van der Waals surface area contributed by atoms with Crippen molar-refractivity contribution in [3.63, 3.8) is 0 Å². The number of benzene rings is 1. The number of ether oxygens (including phenoxy) is 3. The first-order chi connectivity index (χ1) is 8.80. The van der Waals surface area contributed by atoms with Gasteiger partial charge in [-0.2, -0.15) is 0 Å². The third-order valence-corrected chi connectivity index (χ3v) is 3.42. The van der Waals surface area contributed by atoms with Gasteiger partial charge in [0, 0.05) is 24.7 Å². The van der Waals surface area contributed by atoms with Crippen LogP contribution in [-0.4, -0.2) is 32.5 Å². The summed E-state index contributed by atoms with van der Waals surface area (Å²) in [6.07, 6.45) is 1.85. The summed E-state index contributed by atoms with van der Waals surface area (Å²) in [6.45, 7) is 0.854. The molecular formula is C14H20O4. The second-order valence-electron chi connectivity index (χ2n) is 4.48. The van der Waals surface area contributed by atoms with Crippen molar-refractivity contribution in [1.82, 2.24) is 0 Å². The summed E-state index contributed by atoms with van der Waals surface area (Å²) in [6, 6.07) is 5.66. The number of hydrogen-bond donors (Lipinski definition) is 1. The number of methoxy groups -OCH3 is 2. The van der Waals surface area contributed by atoms with Crippen LogP contribution in [0.3, 0.4) is 0 Å². The maximum absolute atomic E-state index is 9.46. The Kier molecular flexibility index (Phi) is 4.44. The zero-order valence-electron chi connectivity index (χ0n) is 10.9. The maximum Gasteiger partial charge on any atom is 0.124 e. The molecule has 0 aromatic heterocycles. The van der Waals surface area contributed by atoms with Crippen LogP contribution in [0.4, 0.5) is 0 Å². The molecule has 2 rings (SSSR count). The molecule has 4 nitrogen and oxygen atoms in total. The molecule has 2 atom stereocenters. The van der Waals surface area contributed by atoms with Crippen molar-refractivity contribution < 1.29 is 19.3 Å². The molecular weight excluding hydrogens is 232 g/mol. The highest BCUT2D eigenvalue weighted by molar-refractivity contribution is 5.42. The summed E-state index contributed by atoms with van der Waals surface area (Å²) >= 11 is 0. The van der Waals surface area contributed by atoms with Crippen molar-refractivity contribution in [3.05, 3.63) is 23.8 Å². The zero-order chi connectivity index (χ0) is 13.0. The van der Waals surface area contributed by atoms with Crippen LogP contribution in [0, 0.1) is 5.92 Å².